The number of alkyl carbamates (subject to hydrolysis) is 1. The summed E-state index contributed by atoms with van der Waals surface area (Å²) >= 11 is 1.68. The van der Waals surface area contributed by atoms with Crippen molar-refractivity contribution >= 4 is 30.3 Å². The number of amides is 3. The average molecular weight is 565 g/mol. The maximum absolute atomic E-state index is 11.4. The highest BCUT2D eigenvalue weighted by Crippen LogP contribution is 2.28. The lowest BCUT2D eigenvalue weighted by molar-refractivity contribution is -0.118. The quantitative estimate of drug-likeness (QED) is 0.441. The summed E-state index contributed by atoms with van der Waals surface area (Å²) in [4.78, 5) is 38.4. The first kappa shape index (κ1) is 36.0. The number of nitrogens with two attached hydrogens (primary N) is 1. The van der Waals surface area contributed by atoms with Crippen LogP contribution in [0.25, 0.3) is 10.4 Å². The van der Waals surface area contributed by atoms with Gasteiger partial charge in [0.25, 0.3) is 0 Å². The molecule has 220 valence electrons. The van der Waals surface area contributed by atoms with Crippen LogP contribution < -0.4 is 11.1 Å². The van der Waals surface area contributed by atoms with E-state index < -0.39 is 5.60 Å². The van der Waals surface area contributed by atoms with Gasteiger partial charge in [0.1, 0.15) is 5.60 Å². The Morgan fingerprint density at radius 2 is 1.77 bits per heavy atom. The molecule has 1 aromatic heterocycles. The van der Waals surface area contributed by atoms with Crippen LogP contribution in [0.4, 0.5) is 4.79 Å². The van der Waals surface area contributed by atoms with Crippen LogP contribution in [0.3, 0.4) is 0 Å². The highest BCUT2D eigenvalue weighted by molar-refractivity contribution is 7.13. The van der Waals surface area contributed by atoms with E-state index in [1.165, 1.54) is 16.0 Å². The smallest absolute Gasteiger partial charge is 0.407 e. The van der Waals surface area contributed by atoms with E-state index in [1.807, 2.05) is 45.0 Å². The van der Waals surface area contributed by atoms with Crippen molar-refractivity contribution in [3.05, 3.63) is 41.0 Å². The number of aliphatic hydroxyl groups is 1. The number of nitrogens with zero attached hydrogens (tertiary/aromatic N) is 2. The van der Waals surface area contributed by atoms with E-state index in [2.05, 4.69) is 61.1 Å². The summed E-state index contributed by atoms with van der Waals surface area (Å²) in [7, 11) is 1.00. The number of primary amides is 1. The number of likely N-dealkylation sites (tertiary alicyclic amines) is 1. The molecule has 10 heteroatoms. The monoisotopic (exact) mass is 564 g/mol. The number of thiazole rings is 1. The molecule has 0 bridgehead atoms. The second-order valence-corrected chi connectivity index (χ2v) is 12.0. The van der Waals surface area contributed by atoms with Crippen molar-refractivity contribution in [3.8, 4) is 10.4 Å². The zero-order chi connectivity index (χ0) is 30.2. The topological polar surface area (TPSA) is 135 Å². The summed E-state index contributed by atoms with van der Waals surface area (Å²) in [6.45, 7) is 16.7. The van der Waals surface area contributed by atoms with Crippen molar-refractivity contribution < 1.29 is 24.2 Å². The minimum atomic E-state index is -0.429. The van der Waals surface area contributed by atoms with Gasteiger partial charge in [-0.15, -0.1) is 11.3 Å². The molecule has 0 saturated carbocycles. The largest absolute Gasteiger partial charge is 0.444 e. The van der Waals surface area contributed by atoms with Gasteiger partial charge in [-0.25, -0.2) is 9.78 Å². The van der Waals surface area contributed by atoms with Crippen molar-refractivity contribution in [3.63, 3.8) is 0 Å². The van der Waals surface area contributed by atoms with E-state index in [0.29, 0.717) is 6.04 Å². The lowest BCUT2D eigenvalue weighted by atomic mass is 9.88. The van der Waals surface area contributed by atoms with Crippen molar-refractivity contribution in [1.29, 1.82) is 0 Å². The molecule has 1 aliphatic rings. The number of carbonyl (C=O) groups is 3. The van der Waals surface area contributed by atoms with Gasteiger partial charge in [-0.3, -0.25) is 9.59 Å². The number of aromatic nitrogens is 1. The molecule has 0 radical (unpaired) electrons. The average Bonchev–Trinajstić information content (AvgIpc) is 3.48. The van der Waals surface area contributed by atoms with Crippen molar-refractivity contribution in [1.82, 2.24) is 15.2 Å². The zero-order valence-electron chi connectivity index (χ0n) is 25.0. The molecule has 0 spiro atoms. The number of aryl methyl sites for hydroxylation is 1. The van der Waals surface area contributed by atoms with Crippen molar-refractivity contribution in [2.75, 3.05) is 13.7 Å². The molecule has 4 N–H and O–H groups in total. The molecule has 2 unspecified atom stereocenters. The summed E-state index contributed by atoms with van der Waals surface area (Å²) in [5.74, 6) is 0. The molecule has 0 aliphatic carbocycles. The van der Waals surface area contributed by atoms with Gasteiger partial charge >= 0.3 is 6.09 Å². The number of hydrogen-bond donors (Lipinski definition) is 3. The Labute approximate surface area is 238 Å². The Hall–Kier alpha value is -2.98. The molecule has 2 heterocycles. The van der Waals surface area contributed by atoms with E-state index in [9.17, 15) is 9.59 Å². The molecule has 39 heavy (non-hydrogen) atoms. The standard InChI is InChI=1S/C16H18N2OS.C11H23NO2.CH3NO.CH4O/c1-12-16(20-10-17-12)14-6-4-13(5-7-14)9-15-3-2-8-18(15)11-19;1-8(10(2,3)4)12-9(13)14-11(5,6)7;2-1-3;1-2/h4-7,10-11,15H,2-3,8-9H2,1H3;8H,1-7H3,(H,12,13);1H,(H2,2,3);2H,1H3. The van der Waals surface area contributed by atoms with E-state index in [1.54, 1.807) is 11.3 Å². The third-order valence-corrected chi connectivity index (χ3v) is 7.00. The highest BCUT2D eigenvalue weighted by atomic mass is 32.1. The molecule has 3 amide bonds. The minimum Gasteiger partial charge on any atom is -0.444 e. The molecule has 1 aliphatic heterocycles. The maximum atomic E-state index is 11.4. The molecule has 2 atom stereocenters. The normalized spacial score (nSPS) is 15.2. The van der Waals surface area contributed by atoms with Crippen LogP contribution >= 0.6 is 11.3 Å². The molecular formula is C29H48N4O5S. The first-order valence-corrected chi connectivity index (χ1v) is 13.9. The van der Waals surface area contributed by atoms with Crippen LogP contribution in [0.2, 0.25) is 0 Å². The number of hydrogen-bond acceptors (Lipinski definition) is 7. The Morgan fingerprint density at radius 3 is 2.21 bits per heavy atom. The van der Waals surface area contributed by atoms with Gasteiger partial charge < -0.3 is 25.8 Å². The van der Waals surface area contributed by atoms with E-state index in [-0.39, 0.29) is 24.0 Å². The van der Waals surface area contributed by atoms with Crippen LogP contribution in [0.15, 0.2) is 29.8 Å². The van der Waals surface area contributed by atoms with Gasteiger partial charge in [-0.2, -0.15) is 0 Å². The third-order valence-electron chi connectivity index (χ3n) is 6.02. The van der Waals surface area contributed by atoms with Gasteiger partial charge in [0.05, 0.1) is 16.1 Å². The molecular weight excluding hydrogens is 516 g/mol. The van der Waals surface area contributed by atoms with Crippen LogP contribution in [-0.4, -0.2) is 65.2 Å². The molecule has 9 nitrogen and oxygen atoms in total. The van der Waals surface area contributed by atoms with Crippen molar-refractivity contribution in [2.45, 2.75) is 92.3 Å². The molecule has 1 saturated heterocycles. The van der Waals surface area contributed by atoms with Crippen LogP contribution in [0, 0.1) is 12.3 Å². The lowest BCUT2D eigenvalue weighted by Crippen LogP contribution is -2.43. The first-order chi connectivity index (χ1) is 18.2. The fourth-order valence-corrected chi connectivity index (χ4v) is 4.37. The second kappa shape index (κ2) is 17.6. The van der Waals surface area contributed by atoms with Gasteiger partial charge in [0.2, 0.25) is 12.8 Å². The van der Waals surface area contributed by atoms with Crippen molar-refractivity contribution in [2.24, 2.45) is 11.1 Å². The first-order valence-electron chi connectivity index (χ1n) is 13.0. The highest BCUT2D eigenvalue weighted by Gasteiger charge is 2.25. The van der Waals surface area contributed by atoms with Crippen LogP contribution in [0.5, 0.6) is 0 Å². The van der Waals surface area contributed by atoms with Gasteiger partial charge in [-0.05, 0) is 70.4 Å². The number of rotatable bonds is 5. The number of nitrogens with one attached hydrogen (secondary N) is 1. The predicted octanol–water partition coefficient (Wildman–Crippen LogP) is 4.94. The fraction of sp³-hybridized carbons (Fsp3) is 0.586. The van der Waals surface area contributed by atoms with Crippen LogP contribution in [0.1, 0.15) is 72.6 Å². The molecule has 2 aromatic rings. The summed E-state index contributed by atoms with van der Waals surface area (Å²) < 4.78 is 5.15. The maximum Gasteiger partial charge on any atom is 0.407 e. The minimum absolute atomic E-state index is 0.0525. The molecule has 1 fully saturated rings. The van der Waals surface area contributed by atoms with Gasteiger partial charge in [0, 0.05) is 25.7 Å². The summed E-state index contributed by atoms with van der Waals surface area (Å²) in [6, 6.07) is 9.15. The number of aliphatic hydroxyl groups excluding tert-OH is 1. The third kappa shape index (κ3) is 14.1. The number of benzene rings is 1. The summed E-state index contributed by atoms with van der Waals surface area (Å²) in [5.41, 5.74) is 9.30. The Kier molecular flexibility index (Phi) is 16.2. The summed E-state index contributed by atoms with van der Waals surface area (Å²) in [6.07, 6.45) is 4.10. The Morgan fingerprint density at radius 1 is 1.21 bits per heavy atom. The predicted molar refractivity (Wildman–Crippen MR) is 158 cm³/mol. The Balaban J connectivity index is 0.000000669. The van der Waals surface area contributed by atoms with Crippen LogP contribution in [-0.2, 0) is 20.7 Å². The second-order valence-electron chi connectivity index (χ2n) is 11.2. The van der Waals surface area contributed by atoms with Gasteiger partial charge in [0.15, 0.2) is 0 Å². The van der Waals surface area contributed by atoms with E-state index in [4.69, 9.17) is 14.6 Å². The zero-order valence-corrected chi connectivity index (χ0v) is 25.8. The molecule has 3 rings (SSSR count). The van der Waals surface area contributed by atoms with Gasteiger partial charge in [-0.1, -0.05) is 45.0 Å². The van der Waals surface area contributed by atoms with E-state index >= 15 is 0 Å². The number of carbonyl (C=O) groups excluding carboxylic acids is 3. The lowest BCUT2D eigenvalue weighted by Gasteiger charge is -2.29. The fourth-order valence-electron chi connectivity index (χ4n) is 3.56. The number of ether oxygens (including phenoxy) is 1. The summed E-state index contributed by atoms with van der Waals surface area (Å²) in [5, 5.41) is 9.82. The van der Waals surface area contributed by atoms with E-state index in [0.717, 1.165) is 45.0 Å². The SMILES string of the molecule is CC(NC(=O)OC(C)(C)C)C(C)(C)C.CO.Cc1ncsc1-c1ccc(CC2CCCN2C=O)cc1.NC=O. The Bertz CT molecular complexity index is 981. The molecule has 1 aromatic carbocycles.